The van der Waals surface area contributed by atoms with Crippen molar-refractivity contribution in [3.63, 3.8) is 0 Å². The lowest BCUT2D eigenvalue weighted by Crippen LogP contribution is -2.57. The van der Waals surface area contributed by atoms with Crippen LogP contribution in [0.15, 0.2) is 73.8 Å². The van der Waals surface area contributed by atoms with Crippen LogP contribution in [-0.4, -0.2) is 14.4 Å². The Kier molecular flexibility index (Phi) is 4.94. The molecule has 0 saturated carbocycles. The molecule has 2 aromatic carbocycles. The fourth-order valence-corrected chi connectivity index (χ4v) is 8.14. The molecule has 0 spiro atoms. The van der Waals surface area contributed by atoms with Crippen LogP contribution in [0.3, 0.4) is 0 Å². The Morgan fingerprint density at radius 1 is 1.04 bits per heavy atom. The predicted octanol–water partition coefficient (Wildman–Crippen LogP) is 4.63. The minimum Gasteiger partial charge on any atom is -0.406 e. The van der Waals surface area contributed by atoms with Crippen LogP contribution < -0.4 is 5.19 Å². The lowest BCUT2D eigenvalue weighted by atomic mass is 10.2. The molecule has 2 aromatic rings. The van der Waals surface area contributed by atoms with E-state index in [0.717, 1.165) is 18.5 Å². The monoisotopic (exact) mass is 320 g/mol. The van der Waals surface area contributed by atoms with E-state index in [1.807, 2.05) is 12.2 Å². The van der Waals surface area contributed by atoms with Crippen molar-refractivity contribution in [2.45, 2.75) is 31.0 Å². The minimum atomic E-state index is -2.09. The molecule has 118 valence electrons. The molecule has 0 aromatic heterocycles. The summed E-state index contributed by atoms with van der Waals surface area (Å²) in [5.74, 6) is 0. The van der Waals surface area contributed by atoms with Crippen LogP contribution in [0.2, 0.25) is 6.04 Å². The second-order valence-corrected chi connectivity index (χ2v) is 9.85. The van der Waals surface area contributed by atoms with Crippen molar-refractivity contribution in [1.82, 2.24) is 0 Å². The molecule has 2 unspecified atom stereocenters. The normalized spacial score (nSPS) is 24.1. The first-order valence-corrected chi connectivity index (χ1v) is 10.7. The maximum atomic E-state index is 6.73. The topological polar surface area (TPSA) is 9.23 Å². The Labute approximate surface area is 140 Å². The summed E-state index contributed by atoms with van der Waals surface area (Å²) in [5.41, 5.74) is 2.59. The zero-order chi connectivity index (χ0) is 16.1. The summed E-state index contributed by atoms with van der Waals surface area (Å²) in [5, 5.41) is 1.38. The lowest BCUT2D eigenvalue weighted by molar-refractivity contribution is 0.205. The van der Waals surface area contributed by atoms with Crippen molar-refractivity contribution in [3.05, 3.63) is 85.0 Å². The highest BCUT2D eigenvalue weighted by Gasteiger charge is 2.42. The average Bonchev–Trinajstić information content (AvgIpc) is 2.62. The van der Waals surface area contributed by atoms with Gasteiger partial charge in [-0.1, -0.05) is 79.7 Å². The van der Waals surface area contributed by atoms with Crippen molar-refractivity contribution < 1.29 is 4.43 Å². The molecule has 1 nitrogen and oxygen atoms in total. The second kappa shape index (κ2) is 7.11. The molecule has 0 bridgehead atoms. The third-order valence-corrected chi connectivity index (χ3v) is 9.04. The van der Waals surface area contributed by atoms with Gasteiger partial charge in [-0.05, 0) is 34.8 Å². The van der Waals surface area contributed by atoms with E-state index in [-0.39, 0.29) is 6.10 Å². The summed E-state index contributed by atoms with van der Waals surface area (Å²) in [7, 11) is -2.09. The summed E-state index contributed by atoms with van der Waals surface area (Å²) in [6.45, 7) is 7.98. The molecule has 1 heterocycles. The highest BCUT2D eigenvalue weighted by Crippen LogP contribution is 2.30. The Morgan fingerprint density at radius 2 is 1.78 bits per heavy atom. The van der Waals surface area contributed by atoms with Crippen molar-refractivity contribution >= 4 is 19.6 Å². The first-order valence-electron chi connectivity index (χ1n) is 8.34. The van der Waals surface area contributed by atoms with Gasteiger partial charge in [0.15, 0.2) is 0 Å². The van der Waals surface area contributed by atoms with Gasteiger partial charge >= 0.3 is 0 Å². The van der Waals surface area contributed by atoms with Crippen molar-refractivity contribution in [2.24, 2.45) is 0 Å². The van der Waals surface area contributed by atoms with Gasteiger partial charge in [0.05, 0.1) is 6.10 Å². The Morgan fingerprint density at radius 3 is 2.52 bits per heavy atom. The zero-order valence-electron chi connectivity index (χ0n) is 13.6. The van der Waals surface area contributed by atoms with E-state index in [0.29, 0.717) is 0 Å². The molecule has 1 aliphatic rings. The van der Waals surface area contributed by atoms with Crippen LogP contribution >= 0.6 is 0 Å². The summed E-state index contributed by atoms with van der Waals surface area (Å²) in [6.07, 6.45) is 6.42. The third-order valence-electron chi connectivity index (χ3n) is 4.71. The van der Waals surface area contributed by atoms with Gasteiger partial charge in [-0.3, -0.25) is 0 Å². The molecule has 1 aliphatic heterocycles. The van der Waals surface area contributed by atoms with Gasteiger partial charge < -0.3 is 4.43 Å². The van der Waals surface area contributed by atoms with Gasteiger partial charge in [-0.15, -0.1) is 6.58 Å². The number of hydrogen-bond donors (Lipinski definition) is 0. The maximum absolute atomic E-state index is 6.73. The smallest absolute Gasteiger partial charge is 0.229 e. The van der Waals surface area contributed by atoms with E-state index in [9.17, 15) is 0 Å². The third kappa shape index (κ3) is 3.38. The molecule has 0 N–H and O–H groups in total. The molecule has 2 heteroatoms. The minimum absolute atomic E-state index is 0.178. The van der Waals surface area contributed by atoms with Crippen molar-refractivity contribution in [1.29, 1.82) is 0 Å². The zero-order valence-corrected chi connectivity index (χ0v) is 14.6. The van der Waals surface area contributed by atoms with E-state index < -0.39 is 8.32 Å². The molecule has 23 heavy (non-hydrogen) atoms. The summed E-state index contributed by atoms with van der Waals surface area (Å²) >= 11 is 0. The fraction of sp³-hybridized carbons (Fsp3) is 0.238. The van der Waals surface area contributed by atoms with E-state index in [1.54, 1.807) is 0 Å². The van der Waals surface area contributed by atoms with Gasteiger partial charge in [-0.25, -0.2) is 0 Å². The van der Waals surface area contributed by atoms with E-state index in [1.165, 1.54) is 22.7 Å². The molecule has 0 radical (unpaired) electrons. The fourth-order valence-electron chi connectivity index (χ4n) is 3.60. The Balaban J connectivity index is 2.06. The van der Waals surface area contributed by atoms with Crippen LogP contribution in [0.4, 0.5) is 0 Å². The van der Waals surface area contributed by atoms with Crippen molar-refractivity contribution in [2.75, 3.05) is 0 Å². The quantitative estimate of drug-likeness (QED) is 0.576. The van der Waals surface area contributed by atoms with Crippen LogP contribution in [0.25, 0.3) is 6.08 Å². The summed E-state index contributed by atoms with van der Waals surface area (Å²) in [4.78, 5) is 0. The predicted molar refractivity (Wildman–Crippen MR) is 101 cm³/mol. The molecule has 0 aliphatic carbocycles. The van der Waals surface area contributed by atoms with Crippen LogP contribution in [0.5, 0.6) is 0 Å². The van der Waals surface area contributed by atoms with E-state index >= 15 is 0 Å². The molecule has 1 saturated heterocycles. The standard InChI is InChI=1S/C21H24OSi/c1-3-19-13-8-9-15-21(19)23(16-10-14-20(4-2)22-23)17-18-11-6-5-7-12-18/h3-9,11-13,15,20H,1-2,10,14,16-17H2. The molecule has 1 fully saturated rings. The summed E-state index contributed by atoms with van der Waals surface area (Å²) in [6, 6.07) is 21.5. The number of benzene rings is 2. The largest absolute Gasteiger partial charge is 0.406 e. The SMILES string of the molecule is C=Cc1ccccc1[Si]1(Cc2ccccc2)CCCC(C=C)O1. The number of rotatable bonds is 5. The molecule has 0 amide bonds. The maximum Gasteiger partial charge on any atom is 0.229 e. The summed E-state index contributed by atoms with van der Waals surface area (Å²) < 4.78 is 6.73. The van der Waals surface area contributed by atoms with E-state index in [4.69, 9.17) is 4.43 Å². The van der Waals surface area contributed by atoms with Gasteiger partial charge in [0, 0.05) is 0 Å². The Hall–Kier alpha value is -1.90. The molecule has 2 atom stereocenters. The molecular formula is C21H24OSi. The highest BCUT2D eigenvalue weighted by atomic mass is 28.4. The van der Waals surface area contributed by atoms with Crippen LogP contribution in [0, 0.1) is 0 Å². The van der Waals surface area contributed by atoms with Crippen molar-refractivity contribution in [3.8, 4) is 0 Å². The van der Waals surface area contributed by atoms with Crippen LogP contribution in [0.1, 0.15) is 24.0 Å². The molecule has 3 rings (SSSR count). The second-order valence-electron chi connectivity index (χ2n) is 6.23. The molecular weight excluding hydrogens is 296 g/mol. The number of hydrogen-bond acceptors (Lipinski definition) is 1. The average molecular weight is 321 g/mol. The van der Waals surface area contributed by atoms with Gasteiger partial charge in [-0.2, -0.15) is 0 Å². The lowest BCUT2D eigenvalue weighted by Gasteiger charge is -2.40. The highest BCUT2D eigenvalue weighted by molar-refractivity contribution is 6.86. The van der Waals surface area contributed by atoms with Gasteiger partial charge in [0.25, 0.3) is 0 Å². The van der Waals surface area contributed by atoms with E-state index in [2.05, 4.69) is 67.8 Å². The van der Waals surface area contributed by atoms with Gasteiger partial charge in [0.2, 0.25) is 8.32 Å². The first kappa shape index (κ1) is 16.0. The van der Waals surface area contributed by atoms with Crippen LogP contribution in [-0.2, 0) is 10.5 Å². The first-order chi connectivity index (χ1) is 11.3. The van der Waals surface area contributed by atoms with Gasteiger partial charge in [0.1, 0.15) is 0 Å². The Bertz CT molecular complexity index is 679.